The molecule has 3 heterocycles. The lowest BCUT2D eigenvalue weighted by molar-refractivity contribution is 0.594. The predicted octanol–water partition coefficient (Wildman–Crippen LogP) is 3.10. The largest absolute Gasteiger partial charge is 0.372 e. The van der Waals surface area contributed by atoms with Gasteiger partial charge in [0, 0.05) is 25.3 Å². The van der Waals surface area contributed by atoms with Crippen molar-refractivity contribution in [1.29, 1.82) is 0 Å². The molecule has 0 N–H and O–H groups in total. The summed E-state index contributed by atoms with van der Waals surface area (Å²) in [5.74, 6) is 0. The van der Waals surface area contributed by atoms with Crippen molar-refractivity contribution in [2.45, 2.75) is 23.5 Å². The molecule has 1 fully saturated rings. The highest BCUT2D eigenvalue weighted by atomic mass is 32.2. The van der Waals surface area contributed by atoms with E-state index < -0.39 is 10.0 Å². The quantitative estimate of drug-likeness (QED) is 0.866. The van der Waals surface area contributed by atoms with Crippen LogP contribution >= 0.6 is 11.3 Å². The fourth-order valence-electron chi connectivity index (χ4n) is 3.30. The maximum Gasteiger partial charge on any atom is 0.273 e. The molecule has 1 aromatic carbocycles. The first-order chi connectivity index (χ1) is 10.7. The standard InChI is InChI=1S/C16H18N2O2S2/c19-22(20,16-4-3-11-21-16)18-10-7-13-12-14(5-6-15(13)18)17-8-1-2-9-17/h3-6,11-12H,1-2,7-10H2. The summed E-state index contributed by atoms with van der Waals surface area (Å²) >= 11 is 1.28. The summed E-state index contributed by atoms with van der Waals surface area (Å²) in [6.45, 7) is 2.75. The van der Waals surface area contributed by atoms with Gasteiger partial charge in [0.25, 0.3) is 10.0 Å². The molecule has 2 aliphatic heterocycles. The summed E-state index contributed by atoms with van der Waals surface area (Å²) in [7, 11) is -3.40. The van der Waals surface area contributed by atoms with Gasteiger partial charge in [-0.3, -0.25) is 4.31 Å². The van der Waals surface area contributed by atoms with Crippen LogP contribution in [0, 0.1) is 0 Å². The fourth-order valence-corrected chi connectivity index (χ4v) is 5.91. The van der Waals surface area contributed by atoms with Crippen LogP contribution in [0.3, 0.4) is 0 Å². The maximum absolute atomic E-state index is 12.7. The molecule has 6 heteroatoms. The fraction of sp³-hybridized carbons (Fsp3) is 0.375. The van der Waals surface area contributed by atoms with Crippen LogP contribution in [0.15, 0.2) is 39.9 Å². The third-order valence-corrected chi connectivity index (χ3v) is 7.61. The topological polar surface area (TPSA) is 40.6 Å². The van der Waals surface area contributed by atoms with Gasteiger partial charge >= 0.3 is 0 Å². The third-order valence-electron chi connectivity index (χ3n) is 4.43. The van der Waals surface area contributed by atoms with E-state index in [-0.39, 0.29) is 0 Å². The predicted molar refractivity (Wildman–Crippen MR) is 90.4 cm³/mol. The second-order valence-corrected chi connectivity index (χ2v) is 8.80. The second-order valence-electron chi connectivity index (χ2n) is 5.77. The number of thiophene rings is 1. The summed E-state index contributed by atoms with van der Waals surface area (Å²) in [5, 5.41) is 1.81. The molecule has 0 radical (unpaired) electrons. The van der Waals surface area contributed by atoms with Crippen molar-refractivity contribution in [3.8, 4) is 0 Å². The molecule has 22 heavy (non-hydrogen) atoms. The first-order valence-corrected chi connectivity index (χ1v) is 9.92. The molecule has 4 nitrogen and oxygen atoms in total. The number of anilines is 2. The van der Waals surface area contributed by atoms with Gasteiger partial charge in [-0.1, -0.05) is 6.07 Å². The second kappa shape index (κ2) is 5.28. The Labute approximate surface area is 135 Å². The zero-order chi connectivity index (χ0) is 15.2. The van der Waals surface area contributed by atoms with Crippen molar-refractivity contribution in [2.24, 2.45) is 0 Å². The Morgan fingerprint density at radius 2 is 1.86 bits per heavy atom. The highest BCUT2D eigenvalue weighted by molar-refractivity contribution is 7.94. The van der Waals surface area contributed by atoms with Crippen LogP contribution in [0.25, 0.3) is 0 Å². The molecule has 0 saturated carbocycles. The maximum atomic E-state index is 12.7. The lowest BCUT2D eigenvalue weighted by Crippen LogP contribution is -2.28. The Kier molecular flexibility index (Phi) is 3.38. The number of sulfonamides is 1. The van der Waals surface area contributed by atoms with Gasteiger partial charge in [0.15, 0.2) is 0 Å². The Morgan fingerprint density at radius 1 is 1.05 bits per heavy atom. The number of hydrogen-bond donors (Lipinski definition) is 0. The molecule has 2 aliphatic rings. The van der Waals surface area contributed by atoms with Crippen LogP contribution < -0.4 is 9.21 Å². The molecular weight excluding hydrogens is 316 g/mol. The lowest BCUT2D eigenvalue weighted by atomic mass is 10.1. The summed E-state index contributed by atoms with van der Waals surface area (Å²) in [4.78, 5) is 2.39. The van der Waals surface area contributed by atoms with Crippen LogP contribution in [0.5, 0.6) is 0 Å². The van der Waals surface area contributed by atoms with E-state index >= 15 is 0 Å². The average molecular weight is 334 g/mol. The first-order valence-electron chi connectivity index (χ1n) is 7.60. The molecule has 0 spiro atoms. The van der Waals surface area contributed by atoms with E-state index in [9.17, 15) is 8.42 Å². The normalized spacial score (nSPS) is 18.0. The van der Waals surface area contributed by atoms with Crippen molar-refractivity contribution in [3.05, 3.63) is 41.3 Å². The average Bonchev–Trinajstić information content (AvgIpc) is 3.26. The van der Waals surface area contributed by atoms with Crippen LogP contribution in [-0.4, -0.2) is 28.1 Å². The Bertz CT molecular complexity index is 778. The number of fused-ring (bicyclic) bond motifs is 1. The SMILES string of the molecule is O=S(=O)(c1cccs1)N1CCc2cc(N3CCCC3)ccc21. The zero-order valence-corrected chi connectivity index (χ0v) is 13.9. The molecule has 0 amide bonds. The minimum absolute atomic E-state index is 0.420. The van der Waals surface area contributed by atoms with E-state index in [4.69, 9.17) is 0 Å². The Balaban J connectivity index is 1.68. The number of nitrogens with zero attached hydrogens (tertiary/aromatic N) is 2. The van der Waals surface area contributed by atoms with Crippen LogP contribution in [0.1, 0.15) is 18.4 Å². The van der Waals surface area contributed by atoms with Crippen molar-refractivity contribution in [3.63, 3.8) is 0 Å². The van der Waals surface area contributed by atoms with Gasteiger partial charge < -0.3 is 4.90 Å². The lowest BCUT2D eigenvalue weighted by Gasteiger charge is -2.21. The van der Waals surface area contributed by atoms with E-state index in [2.05, 4.69) is 17.0 Å². The number of hydrogen-bond acceptors (Lipinski definition) is 4. The highest BCUT2D eigenvalue weighted by Crippen LogP contribution is 2.36. The molecular formula is C16H18N2O2S2. The molecule has 1 saturated heterocycles. The van der Waals surface area contributed by atoms with Crippen molar-refractivity contribution in [1.82, 2.24) is 0 Å². The van der Waals surface area contributed by atoms with Gasteiger partial charge in [0.05, 0.1) is 5.69 Å². The van der Waals surface area contributed by atoms with Gasteiger partial charge in [0.1, 0.15) is 4.21 Å². The van der Waals surface area contributed by atoms with Gasteiger partial charge in [-0.05, 0) is 54.5 Å². The monoisotopic (exact) mass is 334 g/mol. The Hall–Kier alpha value is -1.53. The van der Waals surface area contributed by atoms with Crippen molar-refractivity contribution in [2.75, 3.05) is 28.8 Å². The van der Waals surface area contributed by atoms with Crippen LogP contribution in [0.4, 0.5) is 11.4 Å². The molecule has 116 valence electrons. The summed E-state index contributed by atoms with van der Waals surface area (Å²) in [6.07, 6.45) is 3.29. The summed E-state index contributed by atoms with van der Waals surface area (Å²) in [6, 6.07) is 9.67. The van der Waals surface area contributed by atoms with Gasteiger partial charge in [-0.2, -0.15) is 0 Å². The van der Waals surface area contributed by atoms with E-state index in [1.165, 1.54) is 29.9 Å². The summed E-state index contributed by atoms with van der Waals surface area (Å²) < 4.78 is 27.4. The molecule has 0 aliphatic carbocycles. The third kappa shape index (κ3) is 2.21. The molecule has 1 aromatic heterocycles. The first kappa shape index (κ1) is 14.1. The van der Waals surface area contributed by atoms with E-state index in [1.807, 2.05) is 6.07 Å². The minimum atomic E-state index is -3.40. The zero-order valence-electron chi connectivity index (χ0n) is 12.2. The van der Waals surface area contributed by atoms with Crippen LogP contribution in [-0.2, 0) is 16.4 Å². The van der Waals surface area contributed by atoms with Crippen LogP contribution in [0.2, 0.25) is 0 Å². The Morgan fingerprint density at radius 3 is 2.59 bits per heavy atom. The number of benzene rings is 1. The van der Waals surface area contributed by atoms with Crippen molar-refractivity contribution >= 4 is 32.7 Å². The summed E-state index contributed by atoms with van der Waals surface area (Å²) in [5.41, 5.74) is 3.22. The molecule has 4 rings (SSSR count). The van der Waals surface area contributed by atoms with E-state index in [1.54, 1.807) is 21.8 Å². The van der Waals surface area contributed by atoms with E-state index in [0.717, 1.165) is 30.8 Å². The molecule has 0 unspecified atom stereocenters. The van der Waals surface area contributed by atoms with Gasteiger partial charge in [-0.25, -0.2) is 8.42 Å². The minimum Gasteiger partial charge on any atom is -0.372 e. The van der Waals surface area contributed by atoms with E-state index in [0.29, 0.717) is 10.8 Å². The smallest absolute Gasteiger partial charge is 0.273 e. The number of rotatable bonds is 3. The molecule has 2 aromatic rings. The molecule has 0 bridgehead atoms. The van der Waals surface area contributed by atoms with Gasteiger partial charge in [0.2, 0.25) is 0 Å². The highest BCUT2D eigenvalue weighted by Gasteiger charge is 2.31. The van der Waals surface area contributed by atoms with Crippen molar-refractivity contribution < 1.29 is 8.42 Å². The van der Waals surface area contributed by atoms with Gasteiger partial charge in [-0.15, -0.1) is 11.3 Å². The molecule has 0 atom stereocenters.